The number of benzene rings is 1. The molecule has 2 aromatic heterocycles. The number of anilines is 2. The summed E-state index contributed by atoms with van der Waals surface area (Å²) >= 11 is 0. The number of nitrogens with one attached hydrogen (secondary N) is 1. The maximum absolute atomic E-state index is 11.4. The van der Waals surface area contributed by atoms with Gasteiger partial charge >= 0.3 is 5.97 Å². The van der Waals surface area contributed by atoms with Crippen LogP contribution in [-0.2, 0) is 4.74 Å². The van der Waals surface area contributed by atoms with Gasteiger partial charge in [-0.3, -0.25) is 0 Å². The second-order valence-corrected chi connectivity index (χ2v) is 4.97. The topological polar surface area (TPSA) is 133 Å². The highest BCUT2D eigenvalue weighted by Crippen LogP contribution is 2.09. The van der Waals surface area contributed by atoms with E-state index in [2.05, 4.69) is 26.9 Å². The number of nitrogens with two attached hydrogens (primary N) is 2. The standard InChI is InChI=1S/C11H15NO2.C5H5N5/c1-2-3-8-14-11(13)9-4-6-10(12)7-5-9;6-4-3-5(9-1-7-3)10-2-8-4/h4-7H,2-3,8,12H2,1H3;1-2H,(H3,6,7,8,9,10). The molecule has 5 N–H and O–H groups in total. The number of aromatic amines is 1. The lowest BCUT2D eigenvalue weighted by molar-refractivity contribution is 0.0500. The van der Waals surface area contributed by atoms with Crippen LogP contribution in [0.2, 0.25) is 0 Å². The molecule has 24 heavy (non-hydrogen) atoms. The number of nitrogens with zero attached hydrogens (tertiary/aromatic N) is 3. The van der Waals surface area contributed by atoms with Crippen molar-refractivity contribution in [2.75, 3.05) is 18.1 Å². The van der Waals surface area contributed by atoms with Gasteiger partial charge in [-0.05, 0) is 30.7 Å². The SMILES string of the molecule is CCCCOC(=O)c1ccc(N)cc1.Nc1ncnc2nc[nH]c12. The number of carbonyl (C=O) groups excluding carboxylic acids is 1. The van der Waals surface area contributed by atoms with Crippen LogP contribution in [0.3, 0.4) is 0 Å². The average molecular weight is 328 g/mol. The van der Waals surface area contributed by atoms with Gasteiger partial charge in [0.05, 0.1) is 18.5 Å². The Bertz CT molecular complexity index is 785. The fraction of sp³-hybridized carbons (Fsp3) is 0.250. The molecular formula is C16H20N6O2. The van der Waals surface area contributed by atoms with Crippen molar-refractivity contribution in [1.82, 2.24) is 19.9 Å². The lowest BCUT2D eigenvalue weighted by atomic mass is 10.2. The molecule has 8 heteroatoms. The first-order valence-electron chi connectivity index (χ1n) is 7.54. The van der Waals surface area contributed by atoms with Gasteiger partial charge < -0.3 is 21.2 Å². The first kappa shape index (κ1) is 17.2. The highest BCUT2D eigenvalue weighted by molar-refractivity contribution is 5.89. The van der Waals surface area contributed by atoms with E-state index in [1.807, 2.05) is 0 Å². The summed E-state index contributed by atoms with van der Waals surface area (Å²) in [4.78, 5) is 25.7. The second-order valence-electron chi connectivity index (χ2n) is 4.97. The Balaban J connectivity index is 0.000000182. The zero-order valence-electron chi connectivity index (χ0n) is 13.4. The first-order valence-corrected chi connectivity index (χ1v) is 7.54. The number of hydrogen-bond donors (Lipinski definition) is 3. The normalized spacial score (nSPS) is 10.0. The van der Waals surface area contributed by atoms with Gasteiger partial charge in [0.1, 0.15) is 11.8 Å². The van der Waals surface area contributed by atoms with Gasteiger partial charge in [-0.1, -0.05) is 13.3 Å². The van der Waals surface area contributed by atoms with Crippen molar-refractivity contribution in [2.45, 2.75) is 19.8 Å². The number of esters is 1. The molecule has 0 bridgehead atoms. The van der Waals surface area contributed by atoms with Crippen molar-refractivity contribution < 1.29 is 9.53 Å². The predicted octanol–water partition coefficient (Wildman–Crippen LogP) is 2.16. The van der Waals surface area contributed by atoms with Crippen LogP contribution >= 0.6 is 0 Å². The molecule has 0 saturated heterocycles. The number of nitrogen functional groups attached to an aromatic ring is 2. The lowest BCUT2D eigenvalue weighted by Crippen LogP contribution is -2.06. The van der Waals surface area contributed by atoms with Gasteiger partial charge in [0.15, 0.2) is 11.5 Å². The van der Waals surface area contributed by atoms with Gasteiger partial charge in [-0.15, -0.1) is 0 Å². The summed E-state index contributed by atoms with van der Waals surface area (Å²) in [6.07, 6.45) is 4.85. The smallest absolute Gasteiger partial charge is 0.338 e. The van der Waals surface area contributed by atoms with Crippen molar-refractivity contribution >= 4 is 28.6 Å². The molecule has 0 amide bonds. The van der Waals surface area contributed by atoms with Gasteiger partial charge in [-0.2, -0.15) is 0 Å². The van der Waals surface area contributed by atoms with Crippen LogP contribution in [0.5, 0.6) is 0 Å². The number of hydrogen-bond acceptors (Lipinski definition) is 7. The van der Waals surface area contributed by atoms with E-state index in [0.29, 0.717) is 34.8 Å². The molecule has 1 aromatic carbocycles. The van der Waals surface area contributed by atoms with E-state index in [0.717, 1.165) is 12.8 Å². The molecule has 0 aliphatic rings. The van der Waals surface area contributed by atoms with E-state index >= 15 is 0 Å². The highest BCUT2D eigenvalue weighted by Gasteiger charge is 2.05. The van der Waals surface area contributed by atoms with Crippen molar-refractivity contribution in [3.05, 3.63) is 42.5 Å². The van der Waals surface area contributed by atoms with Crippen LogP contribution in [0.1, 0.15) is 30.1 Å². The Kier molecular flexibility index (Phi) is 6.07. The van der Waals surface area contributed by atoms with Crippen LogP contribution in [-0.4, -0.2) is 32.5 Å². The molecule has 3 rings (SSSR count). The zero-order chi connectivity index (χ0) is 17.4. The van der Waals surface area contributed by atoms with Crippen molar-refractivity contribution in [2.24, 2.45) is 0 Å². The van der Waals surface area contributed by atoms with Gasteiger partial charge in [0.2, 0.25) is 0 Å². The Morgan fingerprint density at radius 2 is 1.92 bits per heavy atom. The summed E-state index contributed by atoms with van der Waals surface area (Å²) in [6, 6.07) is 6.72. The number of carbonyl (C=O) groups is 1. The molecule has 0 radical (unpaired) electrons. The number of ether oxygens (including phenoxy) is 1. The molecule has 0 fully saturated rings. The first-order chi connectivity index (χ1) is 11.6. The maximum atomic E-state index is 11.4. The van der Waals surface area contributed by atoms with E-state index in [-0.39, 0.29) is 5.97 Å². The van der Waals surface area contributed by atoms with Crippen LogP contribution in [0.15, 0.2) is 36.9 Å². The lowest BCUT2D eigenvalue weighted by Gasteiger charge is -2.03. The van der Waals surface area contributed by atoms with Crippen molar-refractivity contribution in [3.63, 3.8) is 0 Å². The fourth-order valence-electron chi connectivity index (χ4n) is 1.80. The number of aromatic nitrogens is 4. The monoisotopic (exact) mass is 328 g/mol. The molecule has 3 aromatic rings. The number of imidazole rings is 1. The number of unbranched alkanes of at least 4 members (excludes halogenated alkanes) is 1. The van der Waals surface area contributed by atoms with E-state index in [1.54, 1.807) is 24.3 Å². The minimum Gasteiger partial charge on any atom is -0.462 e. The predicted molar refractivity (Wildman–Crippen MR) is 92.1 cm³/mol. The van der Waals surface area contributed by atoms with Gasteiger partial charge in [0, 0.05) is 5.69 Å². The third kappa shape index (κ3) is 4.67. The fourth-order valence-corrected chi connectivity index (χ4v) is 1.80. The third-order valence-corrected chi connectivity index (χ3v) is 3.13. The number of rotatable bonds is 4. The minimum absolute atomic E-state index is 0.279. The van der Waals surface area contributed by atoms with Gasteiger partial charge in [0.25, 0.3) is 0 Å². The number of fused-ring (bicyclic) bond motifs is 1. The summed E-state index contributed by atoms with van der Waals surface area (Å²) in [5.74, 6) is 0.154. The molecule has 0 unspecified atom stereocenters. The van der Waals surface area contributed by atoms with Crippen LogP contribution in [0.25, 0.3) is 11.2 Å². The molecule has 126 valence electrons. The molecule has 2 heterocycles. The molecule has 0 aliphatic heterocycles. The summed E-state index contributed by atoms with van der Waals surface area (Å²) < 4.78 is 5.03. The average Bonchev–Trinajstić information content (AvgIpc) is 3.06. The zero-order valence-corrected chi connectivity index (χ0v) is 13.4. The molecular weight excluding hydrogens is 308 g/mol. The molecule has 0 atom stereocenters. The molecule has 0 spiro atoms. The van der Waals surface area contributed by atoms with Crippen molar-refractivity contribution in [3.8, 4) is 0 Å². The largest absolute Gasteiger partial charge is 0.462 e. The highest BCUT2D eigenvalue weighted by atomic mass is 16.5. The van der Waals surface area contributed by atoms with Crippen LogP contribution < -0.4 is 11.5 Å². The maximum Gasteiger partial charge on any atom is 0.338 e. The van der Waals surface area contributed by atoms with Crippen LogP contribution in [0.4, 0.5) is 11.5 Å². The number of H-pyrrole nitrogens is 1. The minimum atomic E-state index is -0.279. The van der Waals surface area contributed by atoms with E-state index < -0.39 is 0 Å². The second kappa shape index (κ2) is 8.47. The summed E-state index contributed by atoms with van der Waals surface area (Å²) in [5, 5.41) is 0. The molecule has 0 saturated carbocycles. The van der Waals surface area contributed by atoms with E-state index in [1.165, 1.54) is 12.7 Å². The van der Waals surface area contributed by atoms with Crippen LogP contribution in [0, 0.1) is 0 Å². The van der Waals surface area contributed by atoms with Gasteiger partial charge in [-0.25, -0.2) is 19.7 Å². The summed E-state index contributed by atoms with van der Waals surface area (Å²) in [7, 11) is 0. The Hall–Kier alpha value is -3.16. The Morgan fingerprint density at radius 1 is 1.17 bits per heavy atom. The Labute approximate surface area is 139 Å². The quantitative estimate of drug-likeness (QED) is 0.379. The van der Waals surface area contributed by atoms with E-state index in [4.69, 9.17) is 16.2 Å². The Morgan fingerprint density at radius 3 is 2.58 bits per heavy atom. The summed E-state index contributed by atoms with van der Waals surface area (Å²) in [6.45, 7) is 2.54. The summed E-state index contributed by atoms with van der Waals surface area (Å²) in [5.41, 5.74) is 13.5. The third-order valence-electron chi connectivity index (χ3n) is 3.13. The van der Waals surface area contributed by atoms with Crippen molar-refractivity contribution in [1.29, 1.82) is 0 Å². The van der Waals surface area contributed by atoms with E-state index in [9.17, 15) is 4.79 Å². The molecule has 0 aliphatic carbocycles. The molecule has 8 nitrogen and oxygen atoms in total.